The molecule has 0 N–H and O–H groups in total. The number of imidazole rings is 1. The number of fused-ring (bicyclic) bond motifs is 1. The number of amides is 1. The van der Waals surface area contributed by atoms with Crippen LogP contribution in [0.5, 0.6) is 11.5 Å². The molecule has 0 spiro atoms. The minimum atomic E-state index is -0.0725. The number of hydrogen-bond donors (Lipinski definition) is 0. The fourth-order valence-electron chi connectivity index (χ4n) is 3.85. The summed E-state index contributed by atoms with van der Waals surface area (Å²) in [6.45, 7) is 3.47. The first-order chi connectivity index (χ1) is 17.2. The topological polar surface area (TPSA) is 60.2 Å². The molecule has 0 aliphatic rings. The van der Waals surface area contributed by atoms with Gasteiger partial charge in [0.05, 0.1) is 16.5 Å². The van der Waals surface area contributed by atoms with E-state index in [1.54, 1.807) is 28.8 Å². The molecule has 36 heavy (non-hydrogen) atoms. The van der Waals surface area contributed by atoms with Crippen LogP contribution >= 0.6 is 23.7 Å². The summed E-state index contributed by atoms with van der Waals surface area (Å²) in [5.74, 6) is 1.37. The van der Waals surface area contributed by atoms with E-state index >= 15 is 0 Å². The fourth-order valence-corrected chi connectivity index (χ4v) is 4.91. The maximum absolute atomic E-state index is 13.6. The standard InChI is InChI=1S/C28H26N4O2S.ClH/c1-2-21-9-14-25-26(19-21)35-28(30-25)32(17-6-16-31-18-15-29-20-31)27(33)22-10-12-24(13-11-22)34-23-7-4-3-5-8-23;/h3-5,7-15,18-20H,2,6,16-17H2,1H3;1H. The Morgan fingerprint density at radius 2 is 1.81 bits per heavy atom. The van der Waals surface area contributed by atoms with Crippen LogP contribution in [0, 0.1) is 0 Å². The van der Waals surface area contributed by atoms with Crippen LogP contribution in [0.2, 0.25) is 0 Å². The highest BCUT2D eigenvalue weighted by molar-refractivity contribution is 7.22. The van der Waals surface area contributed by atoms with Crippen LogP contribution in [-0.4, -0.2) is 27.0 Å². The highest BCUT2D eigenvalue weighted by Gasteiger charge is 2.21. The molecule has 5 rings (SSSR count). The predicted molar refractivity (Wildman–Crippen MR) is 148 cm³/mol. The van der Waals surface area contributed by atoms with Gasteiger partial charge in [0.2, 0.25) is 0 Å². The number of carbonyl (C=O) groups excluding carboxylic acids is 1. The number of anilines is 1. The van der Waals surface area contributed by atoms with Crippen LogP contribution in [0.3, 0.4) is 0 Å². The number of halogens is 1. The van der Waals surface area contributed by atoms with Crippen LogP contribution in [-0.2, 0) is 13.0 Å². The average molecular weight is 519 g/mol. The summed E-state index contributed by atoms with van der Waals surface area (Å²) in [6, 6.07) is 23.2. The highest BCUT2D eigenvalue weighted by atomic mass is 35.5. The molecule has 1 amide bonds. The normalized spacial score (nSPS) is 10.7. The summed E-state index contributed by atoms with van der Waals surface area (Å²) in [5, 5.41) is 0.716. The number of aryl methyl sites for hydroxylation is 2. The molecule has 0 saturated heterocycles. The van der Waals surface area contributed by atoms with Gasteiger partial charge in [-0.05, 0) is 66.9 Å². The number of thiazole rings is 1. The van der Waals surface area contributed by atoms with E-state index in [9.17, 15) is 4.79 Å². The number of nitrogens with zero attached hydrogens (tertiary/aromatic N) is 4. The third-order valence-corrected chi connectivity index (χ3v) is 6.80. The zero-order valence-corrected chi connectivity index (χ0v) is 21.5. The van der Waals surface area contributed by atoms with E-state index < -0.39 is 0 Å². The van der Waals surface area contributed by atoms with Crippen molar-refractivity contribution < 1.29 is 9.53 Å². The number of rotatable bonds is 9. The van der Waals surface area contributed by atoms with Crippen molar-refractivity contribution in [3.63, 3.8) is 0 Å². The molecule has 0 aliphatic heterocycles. The van der Waals surface area contributed by atoms with Crippen molar-refractivity contribution in [2.45, 2.75) is 26.3 Å². The largest absolute Gasteiger partial charge is 0.457 e. The number of carbonyl (C=O) groups is 1. The Bertz CT molecular complexity index is 1400. The first kappa shape index (κ1) is 25.4. The van der Waals surface area contributed by atoms with Crippen molar-refractivity contribution in [2.75, 3.05) is 11.4 Å². The molecule has 0 atom stereocenters. The van der Waals surface area contributed by atoms with Gasteiger partial charge in [0, 0.05) is 31.0 Å². The Hall–Kier alpha value is -3.68. The molecular weight excluding hydrogens is 492 g/mol. The van der Waals surface area contributed by atoms with Crippen LogP contribution in [0.4, 0.5) is 5.13 Å². The number of hydrogen-bond acceptors (Lipinski definition) is 5. The van der Waals surface area contributed by atoms with Crippen molar-refractivity contribution in [3.05, 3.63) is 103 Å². The molecule has 0 unspecified atom stereocenters. The Kier molecular flexibility index (Phi) is 8.36. The Labute approximate surface area is 220 Å². The monoisotopic (exact) mass is 518 g/mol. The third-order valence-electron chi connectivity index (χ3n) is 5.76. The van der Waals surface area contributed by atoms with Crippen LogP contribution < -0.4 is 9.64 Å². The van der Waals surface area contributed by atoms with Gasteiger partial charge in [-0.25, -0.2) is 9.97 Å². The second-order valence-electron chi connectivity index (χ2n) is 8.20. The van der Waals surface area contributed by atoms with Gasteiger partial charge >= 0.3 is 0 Å². The SMILES string of the molecule is CCc1ccc2nc(N(CCCn3ccnc3)C(=O)c3ccc(Oc4ccccc4)cc3)sc2c1.Cl. The lowest BCUT2D eigenvalue weighted by atomic mass is 10.2. The molecule has 0 saturated carbocycles. The summed E-state index contributed by atoms with van der Waals surface area (Å²) in [6.07, 6.45) is 7.24. The second kappa shape index (κ2) is 11.8. The maximum atomic E-state index is 13.6. The summed E-state index contributed by atoms with van der Waals surface area (Å²) >= 11 is 1.56. The summed E-state index contributed by atoms with van der Waals surface area (Å²) in [4.78, 5) is 24.3. The van der Waals surface area contributed by atoms with E-state index in [0.29, 0.717) is 23.0 Å². The number of ether oxygens (including phenoxy) is 1. The van der Waals surface area contributed by atoms with E-state index in [4.69, 9.17) is 9.72 Å². The quantitative estimate of drug-likeness (QED) is 0.210. The molecular formula is C28H27ClN4O2S. The number of aromatic nitrogens is 3. The van der Waals surface area contributed by atoms with Gasteiger partial charge in [0.25, 0.3) is 5.91 Å². The minimum Gasteiger partial charge on any atom is -0.457 e. The van der Waals surface area contributed by atoms with Crippen molar-refractivity contribution in [1.82, 2.24) is 14.5 Å². The van der Waals surface area contributed by atoms with Gasteiger partial charge in [0.1, 0.15) is 11.5 Å². The zero-order valence-electron chi connectivity index (χ0n) is 19.9. The molecule has 6 nitrogen and oxygen atoms in total. The highest BCUT2D eigenvalue weighted by Crippen LogP contribution is 2.31. The maximum Gasteiger partial charge on any atom is 0.260 e. The number of para-hydroxylation sites is 1. The molecule has 0 fully saturated rings. The first-order valence-corrected chi connectivity index (χ1v) is 12.5. The van der Waals surface area contributed by atoms with Crippen molar-refractivity contribution in [2.24, 2.45) is 0 Å². The molecule has 5 aromatic rings. The average Bonchev–Trinajstić information content (AvgIpc) is 3.57. The molecule has 3 aromatic carbocycles. The van der Waals surface area contributed by atoms with E-state index in [2.05, 4.69) is 24.0 Å². The van der Waals surface area contributed by atoms with Crippen molar-refractivity contribution in [3.8, 4) is 11.5 Å². The third kappa shape index (κ3) is 5.93. The van der Waals surface area contributed by atoms with E-state index in [1.165, 1.54) is 5.56 Å². The molecule has 184 valence electrons. The van der Waals surface area contributed by atoms with Gasteiger partial charge in [-0.3, -0.25) is 9.69 Å². The molecule has 0 radical (unpaired) electrons. The van der Waals surface area contributed by atoms with Crippen LogP contribution in [0.1, 0.15) is 29.3 Å². The molecule has 0 aliphatic carbocycles. The minimum absolute atomic E-state index is 0. The Morgan fingerprint density at radius 3 is 2.53 bits per heavy atom. The fraction of sp³-hybridized carbons (Fsp3) is 0.179. The first-order valence-electron chi connectivity index (χ1n) is 11.7. The van der Waals surface area contributed by atoms with E-state index in [0.717, 1.165) is 35.4 Å². The summed E-state index contributed by atoms with van der Waals surface area (Å²) in [7, 11) is 0. The summed E-state index contributed by atoms with van der Waals surface area (Å²) < 4.78 is 9.00. The summed E-state index contributed by atoms with van der Waals surface area (Å²) in [5.41, 5.74) is 2.78. The molecule has 0 bridgehead atoms. The second-order valence-corrected chi connectivity index (χ2v) is 9.21. The van der Waals surface area contributed by atoms with E-state index in [-0.39, 0.29) is 18.3 Å². The van der Waals surface area contributed by atoms with Gasteiger partial charge < -0.3 is 9.30 Å². The lowest BCUT2D eigenvalue weighted by Crippen LogP contribution is -2.32. The van der Waals surface area contributed by atoms with E-state index in [1.807, 2.05) is 71.4 Å². The van der Waals surface area contributed by atoms with Crippen molar-refractivity contribution >= 4 is 45.0 Å². The van der Waals surface area contributed by atoms with Crippen LogP contribution in [0.25, 0.3) is 10.2 Å². The number of benzene rings is 3. The van der Waals surface area contributed by atoms with Crippen LogP contribution in [0.15, 0.2) is 91.5 Å². The van der Waals surface area contributed by atoms with Gasteiger partial charge in [-0.1, -0.05) is 42.5 Å². The predicted octanol–water partition coefficient (Wildman–Crippen LogP) is 7.01. The van der Waals surface area contributed by atoms with Gasteiger partial charge in [-0.2, -0.15) is 0 Å². The Morgan fingerprint density at radius 1 is 1.03 bits per heavy atom. The smallest absolute Gasteiger partial charge is 0.260 e. The zero-order chi connectivity index (χ0) is 24.0. The van der Waals surface area contributed by atoms with Gasteiger partial charge in [-0.15, -0.1) is 12.4 Å². The lowest BCUT2D eigenvalue weighted by molar-refractivity contribution is 0.0986. The lowest BCUT2D eigenvalue weighted by Gasteiger charge is -2.20. The Balaban J connectivity index is 0.00000304. The van der Waals surface area contributed by atoms with Crippen molar-refractivity contribution in [1.29, 1.82) is 0 Å². The molecule has 8 heteroatoms. The van der Waals surface area contributed by atoms with Gasteiger partial charge in [0.15, 0.2) is 5.13 Å². The molecule has 2 aromatic heterocycles. The molecule has 2 heterocycles.